The molecular weight excluding hydrogens is 474 g/mol. The van der Waals surface area contributed by atoms with Crippen LogP contribution in [0.4, 0.5) is 0 Å². The number of H-pyrrole nitrogens is 1. The molecule has 188 valence electrons. The average molecular weight is 502 g/mol. The Morgan fingerprint density at radius 1 is 1.11 bits per heavy atom. The number of fused-ring (bicyclic) bond motifs is 3. The number of nitrogens with one attached hydrogen (secondary N) is 1. The lowest BCUT2D eigenvalue weighted by Crippen LogP contribution is -2.24. The first-order chi connectivity index (χ1) is 18.5. The lowest BCUT2D eigenvalue weighted by Gasteiger charge is -2.29. The molecule has 3 heterocycles. The van der Waals surface area contributed by atoms with Crippen molar-refractivity contribution in [3.8, 4) is 23.2 Å². The molecule has 0 spiro atoms. The summed E-state index contributed by atoms with van der Waals surface area (Å²) in [5, 5.41) is 11.8. The maximum absolute atomic E-state index is 13.4. The third kappa shape index (κ3) is 3.41. The zero-order valence-electron chi connectivity index (χ0n) is 21.5. The molecule has 2 aromatic heterocycles. The summed E-state index contributed by atoms with van der Waals surface area (Å²) in [7, 11) is 0. The fourth-order valence-corrected chi connectivity index (χ4v) is 5.68. The summed E-state index contributed by atoms with van der Waals surface area (Å²) in [6.45, 7) is 6.48. The summed E-state index contributed by atoms with van der Waals surface area (Å²) >= 11 is 0. The number of nitriles is 1. The van der Waals surface area contributed by atoms with E-state index in [2.05, 4.69) is 24.0 Å². The highest BCUT2D eigenvalue weighted by atomic mass is 16.5. The van der Waals surface area contributed by atoms with E-state index in [0.29, 0.717) is 41.0 Å². The Labute approximate surface area is 219 Å². The lowest BCUT2D eigenvalue weighted by atomic mass is 9.80. The maximum Gasteiger partial charge on any atom is 0.261 e. The van der Waals surface area contributed by atoms with Crippen LogP contribution in [0.1, 0.15) is 42.1 Å². The monoisotopic (exact) mass is 501 g/mol. The minimum atomic E-state index is -0.438. The molecule has 0 aliphatic carbocycles. The van der Waals surface area contributed by atoms with Gasteiger partial charge in [0.2, 0.25) is 5.88 Å². The summed E-state index contributed by atoms with van der Waals surface area (Å²) in [5.41, 5.74) is 12.8. The molecule has 1 unspecified atom stereocenters. The molecule has 38 heavy (non-hydrogen) atoms. The molecule has 0 bridgehead atoms. The van der Waals surface area contributed by atoms with Crippen LogP contribution in [-0.4, -0.2) is 14.5 Å². The summed E-state index contributed by atoms with van der Waals surface area (Å²) in [5.74, 6) is 0.927. The topological polar surface area (TPSA) is 110 Å². The molecule has 7 nitrogen and oxygen atoms in total. The molecule has 5 aromatic rings. The van der Waals surface area contributed by atoms with Crippen LogP contribution < -0.4 is 16.0 Å². The standard InChI is InChI=1S/C31H27N5O2/c1-4-18-14-19(30-35-25-13-9-7-11-21(25)31(37)36(30)5-2)15-22-27(23(16-32)29(33)38-28(18)22)26-17(3)34-24-12-8-6-10-20(24)26/h6-15,27,34H,4-5,33H2,1-3H3. The van der Waals surface area contributed by atoms with E-state index in [0.717, 1.165) is 38.9 Å². The van der Waals surface area contributed by atoms with E-state index in [1.807, 2.05) is 62.4 Å². The highest BCUT2D eigenvalue weighted by Gasteiger charge is 2.35. The summed E-state index contributed by atoms with van der Waals surface area (Å²) < 4.78 is 7.82. The quantitative estimate of drug-likeness (QED) is 0.331. The second-order valence-corrected chi connectivity index (χ2v) is 9.54. The van der Waals surface area contributed by atoms with E-state index >= 15 is 0 Å². The van der Waals surface area contributed by atoms with Crippen molar-refractivity contribution in [2.45, 2.75) is 39.7 Å². The number of aryl methyl sites for hydroxylation is 2. The number of para-hydroxylation sites is 2. The van der Waals surface area contributed by atoms with Gasteiger partial charge in [-0.25, -0.2) is 4.98 Å². The zero-order chi connectivity index (χ0) is 26.6. The molecule has 6 rings (SSSR count). The molecule has 7 heteroatoms. The maximum atomic E-state index is 13.4. The first-order valence-electron chi connectivity index (χ1n) is 12.8. The van der Waals surface area contributed by atoms with Crippen molar-refractivity contribution < 1.29 is 4.74 Å². The Morgan fingerprint density at radius 3 is 2.58 bits per heavy atom. The summed E-state index contributed by atoms with van der Waals surface area (Å²) in [6, 6.07) is 21.8. The number of nitrogens with two attached hydrogens (primary N) is 1. The predicted octanol–water partition coefficient (Wildman–Crippen LogP) is 5.65. The van der Waals surface area contributed by atoms with Crippen LogP contribution in [0, 0.1) is 18.3 Å². The lowest BCUT2D eigenvalue weighted by molar-refractivity contribution is 0.389. The number of ether oxygens (including phenoxy) is 1. The molecule has 1 aliphatic heterocycles. The first kappa shape index (κ1) is 23.6. The molecule has 3 aromatic carbocycles. The van der Waals surface area contributed by atoms with Gasteiger partial charge in [-0.3, -0.25) is 9.36 Å². The van der Waals surface area contributed by atoms with E-state index < -0.39 is 5.92 Å². The Bertz CT molecular complexity index is 1890. The fourth-order valence-electron chi connectivity index (χ4n) is 5.68. The third-order valence-corrected chi connectivity index (χ3v) is 7.44. The Hall–Kier alpha value is -4.83. The van der Waals surface area contributed by atoms with Gasteiger partial charge in [0.1, 0.15) is 23.2 Å². The number of benzene rings is 3. The average Bonchev–Trinajstić information content (AvgIpc) is 3.27. The highest BCUT2D eigenvalue weighted by Crippen LogP contribution is 2.48. The smallest absolute Gasteiger partial charge is 0.261 e. The van der Waals surface area contributed by atoms with Crippen LogP contribution in [0.2, 0.25) is 0 Å². The minimum absolute atomic E-state index is 0.0778. The molecular formula is C31H27N5O2. The molecule has 1 atom stereocenters. The van der Waals surface area contributed by atoms with E-state index in [1.165, 1.54) is 0 Å². The second-order valence-electron chi connectivity index (χ2n) is 9.54. The van der Waals surface area contributed by atoms with E-state index in [4.69, 9.17) is 15.5 Å². The number of nitrogens with zero attached hydrogens (tertiary/aromatic N) is 3. The number of allylic oxidation sites excluding steroid dienone is 1. The molecule has 0 amide bonds. The first-order valence-corrected chi connectivity index (χ1v) is 12.8. The third-order valence-electron chi connectivity index (χ3n) is 7.44. The van der Waals surface area contributed by atoms with Crippen molar-refractivity contribution in [2.24, 2.45) is 5.73 Å². The Morgan fingerprint density at radius 2 is 1.84 bits per heavy atom. The Kier molecular flexibility index (Phi) is 5.54. The predicted molar refractivity (Wildman–Crippen MR) is 149 cm³/mol. The second kappa shape index (κ2) is 8.93. The summed E-state index contributed by atoms with van der Waals surface area (Å²) in [4.78, 5) is 21.8. The SMILES string of the molecule is CCc1cc(-c2nc3ccccc3c(=O)n2CC)cc2c1OC(N)=C(C#N)C2c1c(C)[nH]c2ccccc12. The van der Waals surface area contributed by atoms with Gasteiger partial charge in [0.05, 0.1) is 16.8 Å². The number of aromatic nitrogens is 3. The van der Waals surface area contributed by atoms with Crippen molar-refractivity contribution >= 4 is 21.8 Å². The van der Waals surface area contributed by atoms with E-state index in [-0.39, 0.29) is 11.4 Å². The normalized spacial score (nSPS) is 14.9. The molecule has 0 fully saturated rings. The van der Waals surface area contributed by atoms with Crippen molar-refractivity contribution in [1.29, 1.82) is 5.26 Å². The van der Waals surface area contributed by atoms with Gasteiger partial charge in [-0.1, -0.05) is 37.3 Å². The number of hydrogen-bond donors (Lipinski definition) is 2. The minimum Gasteiger partial charge on any atom is -0.440 e. The largest absolute Gasteiger partial charge is 0.440 e. The van der Waals surface area contributed by atoms with Gasteiger partial charge in [-0.2, -0.15) is 5.26 Å². The van der Waals surface area contributed by atoms with Crippen molar-refractivity contribution in [3.63, 3.8) is 0 Å². The van der Waals surface area contributed by atoms with Crippen molar-refractivity contribution in [1.82, 2.24) is 14.5 Å². The van der Waals surface area contributed by atoms with Crippen molar-refractivity contribution in [2.75, 3.05) is 0 Å². The van der Waals surface area contributed by atoms with Gasteiger partial charge in [-0.05, 0) is 61.7 Å². The van der Waals surface area contributed by atoms with Crippen LogP contribution in [-0.2, 0) is 13.0 Å². The van der Waals surface area contributed by atoms with Crippen LogP contribution in [0.3, 0.4) is 0 Å². The number of aromatic amines is 1. The van der Waals surface area contributed by atoms with Crippen LogP contribution in [0.25, 0.3) is 33.2 Å². The van der Waals surface area contributed by atoms with Gasteiger partial charge in [0.25, 0.3) is 5.56 Å². The van der Waals surface area contributed by atoms with Gasteiger partial charge in [0, 0.05) is 34.3 Å². The molecule has 3 N–H and O–H groups in total. The fraction of sp³-hybridized carbons (Fsp3) is 0.194. The van der Waals surface area contributed by atoms with Crippen LogP contribution >= 0.6 is 0 Å². The van der Waals surface area contributed by atoms with E-state index in [1.54, 1.807) is 10.6 Å². The number of rotatable bonds is 4. The number of hydrogen-bond acceptors (Lipinski definition) is 5. The molecule has 0 radical (unpaired) electrons. The zero-order valence-corrected chi connectivity index (χ0v) is 21.5. The summed E-state index contributed by atoms with van der Waals surface area (Å²) in [6.07, 6.45) is 0.675. The molecule has 0 saturated carbocycles. The van der Waals surface area contributed by atoms with Crippen LogP contribution in [0.15, 0.2) is 76.9 Å². The highest BCUT2D eigenvalue weighted by molar-refractivity contribution is 5.87. The van der Waals surface area contributed by atoms with Gasteiger partial charge in [-0.15, -0.1) is 0 Å². The molecule has 0 saturated heterocycles. The van der Waals surface area contributed by atoms with Crippen molar-refractivity contribution in [3.05, 3.63) is 105 Å². The Balaban J connectivity index is 1.68. The van der Waals surface area contributed by atoms with Crippen LogP contribution in [0.5, 0.6) is 5.75 Å². The molecule has 1 aliphatic rings. The van der Waals surface area contributed by atoms with Gasteiger partial charge < -0.3 is 15.5 Å². The van der Waals surface area contributed by atoms with Gasteiger partial charge in [0.15, 0.2) is 0 Å². The van der Waals surface area contributed by atoms with E-state index in [9.17, 15) is 10.1 Å². The van der Waals surface area contributed by atoms with Gasteiger partial charge >= 0.3 is 0 Å².